The highest BCUT2D eigenvalue weighted by atomic mass is 16.4. The van der Waals surface area contributed by atoms with Crippen LogP contribution in [0, 0.1) is 0 Å². The van der Waals surface area contributed by atoms with Crippen LogP contribution in [-0.4, -0.2) is 15.6 Å². The van der Waals surface area contributed by atoms with Crippen LogP contribution in [0.15, 0.2) is 42.6 Å². The molecule has 2 aromatic rings. The summed E-state index contributed by atoms with van der Waals surface area (Å²) in [7, 11) is 0. The van der Waals surface area contributed by atoms with Crippen LogP contribution in [0.2, 0.25) is 0 Å². The number of carboxylic acid groups (broad SMARTS) is 1. The van der Waals surface area contributed by atoms with Gasteiger partial charge in [0.1, 0.15) is 5.69 Å². The quantitative estimate of drug-likeness (QED) is 0.914. The normalized spacial score (nSPS) is 11.5. The maximum atomic E-state index is 11.3. The van der Waals surface area contributed by atoms with Crippen LogP contribution in [-0.2, 0) is 12.0 Å². The lowest BCUT2D eigenvalue weighted by Gasteiger charge is -2.16. The van der Waals surface area contributed by atoms with E-state index < -0.39 is 5.97 Å². The molecule has 1 aromatic carbocycles. The van der Waals surface area contributed by atoms with E-state index in [4.69, 9.17) is 0 Å². The molecule has 0 saturated carbocycles. The minimum Gasteiger partial charge on any atom is -0.477 e. The molecule has 1 N–H and O–H groups in total. The number of hydrogen-bond acceptors (Lipinski definition) is 1. The molecule has 0 aliphatic rings. The van der Waals surface area contributed by atoms with E-state index >= 15 is 0 Å². The van der Waals surface area contributed by atoms with Gasteiger partial charge in [0, 0.05) is 12.7 Å². The first-order chi connectivity index (χ1) is 8.88. The zero-order chi connectivity index (χ0) is 14.0. The number of carbonyl (C=O) groups is 1. The van der Waals surface area contributed by atoms with E-state index in [9.17, 15) is 9.90 Å². The Morgan fingerprint density at radius 1 is 1.21 bits per heavy atom. The average molecular weight is 257 g/mol. The molecule has 0 atom stereocenters. The summed E-state index contributed by atoms with van der Waals surface area (Å²) in [5.41, 5.74) is 2.43. The van der Waals surface area contributed by atoms with Crippen molar-refractivity contribution in [3.05, 3.63) is 59.4 Å². The summed E-state index contributed by atoms with van der Waals surface area (Å²) < 4.78 is 1.80. The summed E-state index contributed by atoms with van der Waals surface area (Å²) in [5, 5.41) is 9.30. The highest BCUT2D eigenvalue weighted by molar-refractivity contribution is 5.86. The topological polar surface area (TPSA) is 42.2 Å². The number of nitrogens with zero attached hydrogens (tertiary/aromatic N) is 1. The van der Waals surface area contributed by atoms with Gasteiger partial charge in [-0.2, -0.15) is 0 Å². The monoisotopic (exact) mass is 257 g/mol. The van der Waals surface area contributed by atoms with Gasteiger partial charge in [-0.05, 0) is 22.6 Å². The molecular weight excluding hydrogens is 238 g/mol. The van der Waals surface area contributed by atoms with E-state index in [-0.39, 0.29) is 5.41 Å². The van der Waals surface area contributed by atoms with Gasteiger partial charge in [0.2, 0.25) is 0 Å². The first kappa shape index (κ1) is 13.4. The molecule has 100 valence electrons. The van der Waals surface area contributed by atoms with E-state index in [0.717, 1.165) is 11.1 Å². The van der Waals surface area contributed by atoms with Gasteiger partial charge in [-0.3, -0.25) is 0 Å². The second-order valence-corrected chi connectivity index (χ2v) is 5.78. The summed E-state index contributed by atoms with van der Waals surface area (Å²) >= 11 is 0. The van der Waals surface area contributed by atoms with Crippen LogP contribution in [0.4, 0.5) is 0 Å². The summed E-state index contributed by atoms with van der Waals surface area (Å²) in [6.45, 7) is 6.83. The second kappa shape index (κ2) is 4.92. The van der Waals surface area contributed by atoms with Crippen LogP contribution in [0.3, 0.4) is 0 Å². The number of rotatable bonds is 3. The smallest absolute Gasteiger partial charge is 0.352 e. The molecule has 0 amide bonds. The molecule has 1 heterocycles. The summed E-state index contributed by atoms with van der Waals surface area (Å²) in [5.74, 6) is -0.883. The molecule has 19 heavy (non-hydrogen) atoms. The molecule has 0 saturated heterocycles. The van der Waals surface area contributed by atoms with Gasteiger partial charge in [0.05, 0.1) is 0 Å². The molecular formula is C16H19NO2. The molecule has 0 spiro atoms. The zero-order valence-corrected chi connectivity index (χ0v) is 11.6. The maximum Gasteiger partial charge on any atom is 0.352 e. The standard InChI is InChI=1S/C16H19NO2/c1-16(2,3)13-9-14(15(18)19)17(11-13)10-12-7-5-4-6-8-12/h4-9,11H,10H2,1-3H3,(H,18,19). The molecule has 2 rings (SSSR count). The Labute approximate surface area is 113 Å². The third kappa shape index (κ3) is 3.05. The fraction of sp³-hybridized carbons (Fsp3) is 0.312. The van der Waals surface area contributed by atoms with Crippen LogP contribution >= 0.6 is 0 Å². The van der Waals surface area contributed by atoms with E-state index in [2.05, 4.69) is 20.8 Å². The Balaban J connectivity index is 2.39. The summed E-state index contributed by atoms with van der Waals surface area (Å²) in [6.07, 6.45) is 1.94. The van der Waals surface area contributed by atoms with Crippen molar-refractivity contribution in [2.24, 2.45) is 0 Å². The second-order valence-electron chi connectivity index (χ2n) is 5.78. The number of benzene rings is 1. The molecule has 0 aliphatic carbocycles. The fourth-order valence-electron chi connectivity index (χ4n) is 2.01. The third-order valence-corrected chi connectivity index (χ3v) is 3.18. The minimum absolute atomic E-state index is 0.0495. The molecule has 0 aliphatic heterocycles. The molecule has 3 heteroatoms. The Hall–Kier alpha value is -2.03. The molecule has 0 unspecified atom stereocenters. The average Bonchev–Trinajstić information content (AvgIpc) is 2.74. The van der Waals surface area contributed by atoms with Gasteiger partial charge in [-0.1, -0.05) is 51.1 Å². The van der Waals surface area contributed by atoms with Gasteiger partial charge < -0.3 is 9.67 Å². The summed E-state index contributed by atoms with van der Waals surface area (Å²) in [6, 6.07) is 11.7. The minimum atomic E-state index is -0.883. The SMILES string of the molecule is CC(C)(C)c1cc(C(=O)O)n(Cc2ccccc2)c1. The van der Waals surface area contributed by atoms with E-state index in [1.807, 2.05) is 36.5 Å². The van der Waals surface area contributed by atoms with Crippen molar-refractivity contribution in [2.75, 3.05) is 0 Å². The van der Waals surface area contributed by atoms with E-state index in [0.29, 0.717) is 12.2 Å². The van der Waals surface area contributed by atoms with Gasteiger partial charge in [-0.15, -0.1) is 0 Å². The van der Waals surface area contributed by atoms with Gasteiger partial charge in [0.25, 0.3) is 0 Å². The van der Waals surface area contributed by atoms with Crippen LogP contribution in [0.1, 0.15) is 42.4 Å². The van der Waals surface area contributed by atoms with Gasteiger partial charge in [0.15, 0.2) is 0 Å². The predicted molar refractivity (Wildman–Crippen MR) is 75.6 cm³/mol. The van der Waals surface area contributed by atoms with Crippen molar-refractivity contribution in [3.63, 3.8) is 0 Å². The summed E-state index contributed by atoms with van der Waals surface area (Å²) in [4.78, 5) is 11.3. The van der Waals surface area contributed by atoms with Crippen molar-refractivity contribution in [1.82, 2.24) is 4.57 Å². The van der Waals surface area contributed by atoms with Crippen molar-refractivity contribution in [1.29, 1.82) is 0 Å². The van der Waals surface area contributed by atoms with Gasteiger partial charge >= 0.3 is 5.97 Å². The third-order valence-electron chi connectivity index (χ3n) is 3.18. The first-order valence-corrected chi connectivity index (χ1v) is 6.36. The number of aromatic carboxylic acids is 1. The molecule has 1 aromatic heterocycles. The molecule has 3 nitrogen and oxygen atoms in total. The maximum absolute atomic E-state index is 11.3. The first-order valence-electron chi connectivity index (χ1n) is 6.36. The number of hydrogen-bond donors (Lipinski definition) is 1. The lowest BCUT2D eigenvalue weighted by Crippen LogP contribution is -2.09. The Morgan fingerprint density at radius 3 is 2.37 bits per heavy atom. The fourth-order valence-corrected chi connectivity index (χ4v) is 2.01. The number of aromatic nitrogens is 1. The van der Waals surface area contributed by atoms with E-state index in [1.165, 1.54) is 0 Å². The van der Waals surface area contributed by atoms with Crippen LogP contribution in [0.25, 0.3) is 0 Å². The highest BCUT2D eigenvalue weighted by Crippen LogP contribution is 2.25. The van der Waals surface area contributed by atoms with Crippen molar-refractivity contribution >= 4 is 5.97 Å². The largest absolute Gasteiger partial charge is 0.477 e. The Morgan fingerprint density at radius 2 is 1.84 bits per heavy atom. The van der Waals surface area contributed by atoms with E-state index in [1.54, 1.807) is 10.6 Å². The molecule has 0 fully saturated rings. The highest BCUT2D eigenvalue weighted by Gasteiger charge is 2.20. The Bertz CT molecular complexity index is 577. The van der Waals surface area contributed by atoms with Gasteiger partial charge in [-0.25, -0.2) is 4.79 Å². The van der Waals surface area contributed by atoms with Crippen LogP contribution in [0.5, 0.6) is 0 Å². The number of carboxylic acids is 1. The predicted octanol–water partition coefficient (Wildman–Crippen LogP) is 3.53. The lowest BCUT2D eigenvalue weighted by molar-refractivity contribution is 0.0685. The Kier molecular flexibility index (Phi) is 3.47. The van der Waals surface area contributed by atoms with Crippen molar-refractivity contribution < 1.29 is 9.90 Å². The molecule has 0 bridgehead atoms. The molecule has 0 radical (unpaired) electrons. The lowest BCUT2D eigenvalue weighted by atomic mass is 9.89. The van der Waals surface area contributed by atoms with Crippen molar-refractivity contribution in [3.8, 4) is 0 Å². The van der Waals surface area contributed by atoms with Crippen LogP contribution < -0.4 is 0 Å². The zero-order valence-electron chi connectivity index (χ0n) is 11.6. The van der Waals surface area contributed by atoms with Crippen molar-refractivity contribution in [2.45, 2.75) is 32.7 Å².